The maximum absolute atomic E-state index is 13.0. The zero-order valence-electron chi connectivity index (χ0n) is 19.5. The molecule has 35 heavy (non-hydrogen) atoms. The third-order valence-electron chi connectivity index (χ3n) is 5.06. The van der Waals surface area contributed by atoms with E-state index in [0.717, 1.165) is 34.6 Å². The zero-order valence-corrected chi connectivity index (χ0v) is 20.3. The summed E-state index contributed by atoms with van der Waals surface area (Å²) < 4.78 is 18.1. The van der Waals surface area contributed by atoms with Crippen LogP contribution in [-0.4, -0.2) is 34.9 Å². The molecule has 0 fully saturated rings. The monoisotopic (exact) mass is 491 g/mol. The van der Waals surface area contributed by atoms with E-state index in [1.807, 2.05) is 37.3 Å². The number of ether oxygens (including phenoxy) is 3. The van der Waals surface area contributed by atoms with Gasteiger partial charge in [0.15, 0.2) is 11.5 Å². The van der Waals surface area contributed by atoms with E-state index in [4.69, 9.17) is 14.2 Å². The minimum Gasteiger partial charge on any atom is -0.494 e. The molecule has 0 N–H and O–H groups in total. The first kappa shape index (κ1) is 24.2. The maximum Gasteiger partial charge on any atom is 0.296 e. The van der Waals surface area contributed by atoms with Crippen LogP contribution in [0.1, 0.15) is 30.2 Å². The molecule has 0 spiro atoms. The van der Waals surface area contributed by atoms with E-state index in [1.54, 1.807) is 31.4 Å². The van der Waals surface area contributed by atoms with Gasteiger partial charge in [0.25, 0.3) is 11.1 Å². The van der Waals surface area contributed by atoms with Gasteiger partial charge in [0.1, 0.15) is 18.1 Å². The van der Waals surface area contributed by atoms with E-state index in [1.165, 1.54) is 4.52 Å². The van der Waals surface area contributed by atoms with Crippen LogP contribution in [0.25, 0.3) is 11.0 Å². The van der Waals surface area contributed by atoms with Crippen molar-refractivity contribution in [2.45, 2.75) is 19.8 Å². The van der Waals surface area contributed by atoms with Gasteiger partial charge in [-0.3, -0.25) is 9.59 Å². The Balaban J connectivity index is 1.64. The fourth-order valence-electron chi connectivity index (χ4n) is 3.36. The molecule has 2 aromatic heterocycles. The van der Waals surface area contributed by atoms with Gasteiger partial charge in [-0.15, -0.1) is 0 Å². The van der Waals surface area contributed by atoms with E-state index in [-0.39, 0.29) is 22.6 Å². The van der Waals surface area contributed by atoms with Crippen LogP contribution in [0.3, 0.4) is 0 Å². The molecule has 0 unspecified atom stereocenters. The summed E-state index contributed by atoms with van der Waals surface area (Å²) >= 11 is 1.11. The second-order valence-corrected chi connectivity index (χ2v) is 8.66. The topological polar surface area (TPSA) is 92.0 Å². The second kappa shape index (κ2) is 11.0. The largest absolute Gasteiger partial charge is 0.494 e. The number of methoxy groups -OCH3 is 1. The Bertz CT molecular complexity index is 1510. The van der Waals surface area contributed by atoms with Crippen molar-refractivity contribution in [1.29, 1.82) is 0 Å². The van der Waals surface area contributed by atoms with Gasteiger partial charge < -0.3 is 14.2 Å². The minimum atomic E-state index is -0.450. The number of hydrogen-bond donors (Lipinski definition) is 0. The van der Waals surface area contributed by atoms with Crippen molar-refractivity contribution in [2.75, 3.05) is 20.3 Å². The number of thiazole rings is 1. The van der Waals surface area contributed by atoms with Gasteiger partial charge in [-0.05, 0) is 47.9 Å². The van der Waals surface area contributed by atoms with Crippen LogP contribution in [0.4, 0.5) is 0 Å². The summed E-state index contributed by atoms with van der Waals surface area (Å²) in [5.74, 6) is 1.88. The number of benzene rings is 2. The van der Waals surface area contributed by atoms with Gasteiger partial charge >= 0.3 is 0 Å². The first-order valence-corrected chi connectivity index (χ1v) is 11.9. The highest BCUT2D eigenvalue weighted by Gasteiger charge is 2.12. The van der Waals surface area contributed by atoms with E-state index < -0.39 is 5.56 Å². The van der Waals surface area contributed by atoms with Crippen molar-refractivity contribution in [3.63, 3.8) is 0 Å². The normalized spacial score (nSPS) is 11.5. The maximum atomic E-state index is 13.0. The average molecular weight is 492 g/mol. The van der Waals surface area contributed by atoms with Gasteiger partial charge in [0, 0.05) is 6.42 Å². The number of rotatable bonds is 10. The highest BCUT2D eigenvalue weighted by Crippen LogP contribution is 2.28. The molecule has 2 heterocycles. The Kier molecular flexibility index (Phi) is 7.57. The summed E-state index contributed by atoms with van der Waals surface area (Å²) in [6, 6.07) is 12.8. The zero-order chi connectivity index (χ0) is 24.8. The molecule has 0 saturated heterocycles. The molecule has 0 aliphatic rings. The van der Waals surface area contributed by atoms with Crippen LogP contribution in [0, 0.1) is 0 Å². The fraction of sp³-hybridized carbons (Fsp3) is 0.231. The summed E-state index contributed by atoms with van der Waals surface area (Å²) in [7, 11) is 1.55. The molecule has 0 aliphatic carbocycles. The van der Waals surface area contributed by atoms with Crippen molar-refractivity contribution in [3.8, 4) is 17.2 Å². The second-order valence-electron chi connectivity index (χ2n) is 7.65. The highest BCUT2D eigenvalue weighted by atomic mass is 32.1. The van der Waals surface area contributed by atoms with Crippen LogP contribution in [-0.2, 0) is 6.42 Å². The van der Waals surface area contributed by atoms with Crippen molar-refractivity contribution < 1.29 is 14.2 Å². The lowest BCUT2D eigenvalue weighted by Gasteiger charge is -2.09. The Morgan fingerprint density at radius 3 is 2.60 bits per heavy atom. The fourth-order valence-corrected chi connectivity index (χ4v) is 4.27. The quantitative estimate of drug-likeness (QED) is 0.315. The lowest BCUT2D eigenvalue weighted by molar-refractivity contribution is 0.317. The predicted molar refractivity (Wildman–Crippen MR) is 136 cm³/mol. The third kappa shape index (κ3) is 5.58. The molecule has 180 valence electrons. The van der Waals surface area contributed by atoms with Crippen molar-refractivity contribution in [1.82, 2.24) is 14.6 Å². The van der Waals surface area contributed by atoms with Crippen LogP contribution in [0.2, 0.25) is 0 Å². The molecule has 2 aromatic carbocycles. The van der Waals surface area contributed by atoms with Crippen molar-refractivity contribution in [2.24, 2.45) is 0 Å². The SMILES string of the molecule is C=CCOc1ccc(C=c2sc3nc(=O)c(Cc4ccc(OCCC)cc4)nn3c2=O)cc1OC. The number of aromatic nitrogens is 3. The highest BCUT2D eigenvalue weighted by molar-refractivity contribution is 7.15. The van der Waals surface area contributed by atoms with Crippen molar-refractivity contribution in [3.05, 3.63) is 97.2 Å². The Morgan fingerprint density at radius 2 is 1.89 bits per heavy atom. The minimum absolute atomic E-state index is 0.205. The van der Waals surface area contributed by atoms with Crippen molar-refractivity contribution >= 4 is 22.4 Å². The average Bonchev–Trinajstić information content (AvgIpc) is 3.16. The smallest absolute Gasteiger partial charge is 0.296 e. The lowest BCUT2D eigenvalue weighted by atomic mass is 10.1. The van der Waals surface area contributed by atoms with E-state index >= 15 is 0 Å². The lowest BCUT2D eigenvalue weighted by Crippen LogP contribution is -2.28. The molecule has 0 aliphatic heterocycles. The number of hydrogen-bond acceptors (Lipinski definition) is 8. The molecule has 9 heteroatoms. The summed E-state index contributed by atoms with van der Waals surface area (Å²) in [5, 5.41) is 4.32. The van der Waals surface area contributed by atoms with Gasteiger partial charge in [0.2, 0.25) is 4.96 Å². The Hall–Kier alpha value is -3.98. The summed E-state index contributed by atoms with van der Waals surface area (Å²) in [5.41, 5.74) is 1.03. The summed E-state index contributed by atoms with van der Waals surface area (Å²) in [6.07, 6.45) is 4.55. The van der Waals surface area contributed by atoms with Gasteiger partial charge in [-0.1, -0.05) is 49.1 Å². The summed E-state index contributed by atoms with van der Waals surface area (Å²) in [6.45, 7) is 6.68. The first-order chi connectivity index (χ1) is 17.0. The van der Waals surface area contributed by atoms with E-state index in [2.05, 4.69) is 16.7 Å². The molecule has 0 bridgehead atoms. The molecule has 0 radical (unpaired) electrons. The molecular formula is C26H25N3O5S. The first-order valence-electron chi connectivity index (χ1n) is 11.1. The molecule has 0 saturated carbocycles. The molecule has 4 rings (SSSR count). The predicted octanol–water partition coefficient (Wildman–Crippen LogP) is 3.01. The standard InChI is InChI=1S/C26H25N3O5S/c1-4-12-33-19-9-6-17(7-10-19)14-20-24(30)27-26-29(28-20)25(31)23(35-26)16-18-8-11-21(34-13-5-2)22(15-18)32-3/h5-11,15-16H,2,4,12-14H2,1,3H3. The molecule has 8 nitrogen and oxygen atoms in total. The van der Waals surface area contributed by atoms with Gasteiger partial charge in [0.05, 0.1) is 18.2 Å². The third-order valence-corrected chi connectivity index (χ3v) is 6.02. The van der Waals surface area contributed by atoms with Crippen LogP contribution >= 0.6 is 11.3 Å². The van der Waals surface area contributed by atoms with Crippen LogP contribution in [0.5, 0.6) is 17.2 Å². The molecule has 0 amide bonds. The van der Waals surface area contributed by atoms with Gasteiger partial charge in [-0.2, -0.15) is 14.6 Å². The van der Waals surface area contributed by atoms with Crippen LogP contribution < -0.4 is 29.9 Å². The molecule has 4 aromatic rings. The Labute approximate surface area is 205 Å². The molecule has 0 atom stereocenters. The van der Waals surface area contributed by atoms with E-state index in [9.17, 15) is 9.59 Å². The molecular weight excluding hydrogens is 466 g/mol. The number of fused-ring (bicyclic) bond motifs is 1. The van der Waals surface area contributed by atoms with E-state index in [0.29, 0.717) is 29.2 Å². The Morgan fingerprint density at radius 1 is 1.09 bits per heavy atom. The van der Waals surface area contributed by atoms with Crippen LogP contribution in [0.15, 0.2) is 64.7 Å². The van der Waals surface area contributed by atoms with Gasteiger partial charge in [-0.25, -0.2) is 0 Å². The number of nitrogens with zero attached hydrogens (tertiary/aromatic N) is 3. The summed E-state index contributed by atoms with van der Waals surface area (Å²) in [4.78, 5) is 29.9.